The zero-order valence-electron chi connectivity index (χ0n) is 14.4. The molecular weight excluding hydrogens is 322 g/mol. The lowest BCUT2D eigenvalue weighted by molar-refractivity contribution is -0.145. The molecule has 0 fully saturated rings. The van der Waals surface area contributed by atoms with Gasteiger partial charge in [-0.25, -0.2) is 0 Å². The van der Waals surface area contributed by atoms with Crippen LogP contribution in [0.4, 0.5) is 0 Å². The highest BCUT2D eigenvalue weighted by Gasteiger charge is 2.35. The molecule has 0 radical (unpaired) electrons. The second kappa shape index (κ2) is 8.37. The maximum absolute atomic E-state index is 12.2. The Balaban J connectivity index is 1.77. The highest BCUT2D eigenvalue weighted by Crippen LogP contribution is 2.22. The summed E-state index contributed by atoms with van der Waals surface area (Å²) in [5, 5.41) is 0. The molecule has 2 amide bonds. The van der Waals surface area contributed by atoms with Crippen LogP contribution in [0, 0.1) is 0 Å². The van der Waals surface area contributed by atoms with Crippen LogP contribution in [0.2, 0.25) is 0 Å². The minimum Gasteiger partial charge on any atom is -0.463 e. The number of nitrogens with zero attached hydrogens (tertiary/aromatic N) is 1. The van der Waals surface area contributed by atoms with Crippen LogP contribution < -0.4 is 0 Å². The third kappa shape index (κ3) is 4.86. The molecule has 1 unspecified atom stereocenters. The number of ketones is 1. The first-order chi connectivity index (χ1) is 11.9. The number of hydrogen-bond donors (Lipinski definition) is 0. The van der Waals surface area contributed by atoms with E-state index in [1.165, 1.54) is 6.92 Å². The largest absolute Gasteiger partial charge is 0.463 e. The van der Waals surface area contributed by atoms with E-state index in [1.807, 2.05) is 12.2 Å². The molecule has 132 valence electrons. The van der Waals surface area contributed by atoms with Gasteiger partial charge in [-0.05, 0) is 25.5 Å². The predicted octanol–water partition coefficient (Wildman–Crippen LogP) is 2.53. The summed E-state index contributed by atoms with van der Waals surface area (Å²) in [6.07, 6.45) is 4.80. The fourth-order valence-corrected chi connectivity index (χ4v) is 2.62. The van der Waals surface area contributed by atoms with Gasteiger partial charge >= 0.3 is 5.97 Å². The molecule has 0 saturated heterocycles. The average Bonchev–Trinajstić information content (AvgIpc) is 2.79. The number of amides is 2. The summed E-state index contributed by atoms with van der Waals surface area (Å²) >= 11 is 0. The number of hydrogen-bond acceptors (Lipinski definition) is 5. The number of fused-ring (bicyclic) bond motifs is 1. The number of esters is 1. The van der Waals surface area contributed by atoms with Crippen molar-refractivity contribution in [1.29, 1.82) is 0 Å². The van der Waals surface area contributed by atoms with Gasteiger partial charge in [-0.1, -0.05) is 24.3 Å². The molecule has 2 rings (SSSR count). The SMILES string of the molecule is CC(=O)OC(C)C/C=C/CCC(=O)CN1C(=O)c2ccccc2C1=O. The van der Waals surface area contributed by atoms with Crippen LogP contribution in [0.5, 0.6) is 0 Å². The maximum Gasteiger partial charge on any atom is 0.302 e. The smallest absolute Gasteiger partial charge is 0.302 e. The third-order valence-electron chi connectivity index (χ3n) is 3.80. The van der Waals surface area contributed by atoms with Crippen LogP contribution in [0.15, 0.2) is 36.4 Å². The van der Waals surface area contributed by atoms with Crippen molar-refractivity contribution >= 4 is 23.6 Å². The summed E-state index contributed by atoms with van der Waals surface area (Å²) in [5.41, 5.74) is 0.694. The first kappa shape index (κ1) is 18.6. The number of rotatable bonds is 8. The molecule has 0 aliphatic carbocycles. The van der Waals surface area contributed by atoms with Crippen molar-refractivity contribution in [2.24, 2.45) is 0 Å². The molecule has 1 aliphatic heterocycles. The van der Waals surface area contributed by atoms with E-state index in [0.29, 0.717) is 24.0 Å². The number of imide groups is 1. The normalized spacial score (nSPS) is 14.7. The fraction of sp³-hybridized carbons (Fsp3) is 0.368. The Bertz CT molecular complexity index is 687. The quantitative estimate of drug-likeness (QED) is 0.412. The zero-order valence-corrected chi connectivity index (χ0v) is 14.4. The van der Waals surface area contributed by atoms with E-state index in [2.05, 4.69) is 0 Å². The number of ether oxygens (including phenoxy) is 1. The van der Waals surface area contributed by atoms with Crippen molar-refractivity contribution in [3.63, 3.8) is 0 Å². The fourth-order valence-electron chi connectivity index (χ4n) is 2.62. The monoisotopic (exact) mass is 343 g/mol. The molecule has 0 spiro atoms. The predicted molar refractivity (Wildman–Crippen MR) is 91.0 cm³/mol. The Hall–Kier alpha value is -2.76. The van der Waals surface area contributed by atoms with Crippen LogP contribution in [-0.4, -0.2) is 41.1 Å². The van der Waals surface area contributed by atoms with Crippen molar-refractivity contribution in [1.82, 2.24) is 4.90 Å². The summed E-state index contributed by atoms with van der Waals surface area (Å²) in [6, 6.07) is 6.56. The van der Waals surface area contributed by atoms with Gasteiger partial charge in [-0.15, -0.1) is 0 Å². The van der Waals surface area contributed by atoms with E-state index >= 15 is 0 Å². The molecule has 0 N–H and O–H groups in total. The Morgan fingerprint density at radius 3 is 2.28 bits per heavy atom. The van der Waals surface area contributed by atoms with Crippen LogP contribution in [0.1, 0.15) is 53.8 Å². The van der Waals surface area contributed by atoms with Gasteiger partial charge in [0.25, 0.3) is 11.8 Å². The lowest BCUT2D eigenvalue weighted by Crippen LogP contribution is -2.34. The van der Waals surface area contributed by atoms with Gasteiger partial charge in [0.15, 0.2) is 5.78 Å². The van der Waals surface area contributed by atoms with E-state index < -0.39 is 11.8 Å². The van der Waals surface area contributed by atoms with Gasteiger partial charge in [-0.3, -0.25) is 24.1 Å². The second-order valence-electron chi connectivity index (χ2n) is 5.95. The van der Waals surface area contributed by atoms with Crippen molar-refractivity contribution < 1.29 is 23.9 Å². The van der Waals surface area contributed by atoms with E-state index in [0.717, 1.165) is 4.90 Å². The van der Waals surface area contributed by atoms with Gasteiger partial charge < -0.3 is 4.74 Å². The van der Waals surface area contributed by atoms with E-state index in [-0.39, 0.29) is 30.8 Å². The van der Waals surface area contributed by atoms with Gasteiger partial charge in [0.05, 0.1) is 17.7 Å². The highest BCUT2D eigenvalue weighted by molar-refractivity contribution is 6.22. The van der Waals surface area contributed by atoms with Gasteiger partial charge in [0.2, 0.25) is 0 Å². The summed E-state index contributed by atoms with van der Waals surface area (Å²) in [6.45, 7) is 2.95. The summed E-state index contributed by atoms with van der Waals surface area (Å²) < 4.78 is 4.98. The lowest BCUT2D eigenvalue weighted by Gasteiger charge is -2.12. The molecule has 0 aromatic heterocycles. The second-order valence-corrected chi connectivity index (χ2v) is 5.95. The highest BCUT2D eigenvalue weighted by atomic mass is 16.5. The Kier molecular flexibility index (Phi) is 6.22. The molecular formula is C19H21NO5. The number of carbonyl (C=O) groups excluding carboxylic acids is 4. The molecule has 1 aliphatic rings. The van der Waals surface area contributed by atoms with Crippen LogP contribution >= 0.6 is 0 Å². The Labute approximate surface area is 146 Å². The molecule has 1 aromatic rings. The average molecular weight is 343 g/mol. The summed E-state index contributed by atoms with van der Waals surface area (Å²) in [4.78, 5) is 48.2. The maximum atomic E-state index is 12.2. The molecule has 25 heavy (non-hydrogen) atoms. The topological polar surface area (TPSA) is 80.8 Å². The molecule has 1 heterocycles. The minimum absolute atomic E-state index is 0.174. The van der Waals surface area contributed by atoms with Crippen LogP contribution in [-0.2, 0) is 14.3 Å². The van der Waals surface area contributed by atoms with Crippen molar-refractivity contribution in [2.75, 3.05) is 6.54 Å². The number of carbonyl (C=O) groups is 4. The molecule has 1 aromatic carbocycles. The first-order valence-corrected chi connectivity index (χ1v) is 8.19. The van der Waals surface area contributed by atoms with Crippen molar-refractivity contribution in [3.8, 4) is 0 Å². The van der Waals surface area contributed by atoms with E-state index in [9.17, 15) is 19.2 Å². The number of Topliss-reactive ketones (excluding diaryl/α,β-unsaturated/α-hetero) is 1. The summed E-state index contributed by atoms with van der Waals surface area (Å²) in [5.74, 6) is -1.33. The Morgan fingerprint density at radius 1 is 1.12 bits per heavy atom. The summed E-state index contributed by atoms with van der Waals surface area (Å²) in [7, 11) is 0. The van der Waals surface area contributed by atoms with E-state index in [1.54, 1.807) is 31.2 Å². The molecule has 0 saturated carbocycles. The van der Waals surface area contributed by atoms with Crippen molar-refractivity contribution in [3.05, 3.63) is 47.5 Å². The standard InChI is InChI=1S/C19H21NO5/c1-13(25-14(2)21)8-4-3-5-9-15(22)12-20-18(23)16-10-6-7-11-17(16)19(20)24/h3-4,6-7,10-11,13H,5,8-9,12H2,1-2H3/b4-3+. The molecule has 1 atom stereocenters. The van der Waals surface area contributed by atoms with E-state index in [4.69, 9.17) is 4.74 Å². The van der Waals surface area contributed by atoms with Gasteiger partial charge in [0, 0.05) is 19.8 Å². The number of allylic oxidation sites excluding steroid dienone is 1. The number of benzene rings is 1. The zero-order chi connectivity index (χ0) is 18.4. The molecule has 0 bridgehead atoms. The molecule has 6 heteroatoms. The van der Waals surface area contributed by atoms with Gasteiger partial charge in [-0.2, -0.15) is 0 Å². The third-order valence-corrected chi connectivity index (χ3v) is 3.80. The van der Waals surface area contributed by atoms with Crippen LogP contribution in [0.3, 0.4) is 0 Å². The van der Waals surface area contributed by atoms with Crippen LogP contribution in [0.25, 0.3) is 0 Å². The minimum atomic E-state index is -0.417. The first-order valence-electron chi connectivity index (χ1n) is 8.19. The lowest BCUT2D eigenvalue weighted by atomic mass is 10.1. The van der Waals surface area contributed by atoms with Crippen molar-refractivity contribution in [2.45, 2.75) is 39.2 Å². The Morgan fingerprint density at radius 2 is 1.72 bits per heavy atom. The molecule has 6 nitrogen and oxygen atoms in total. The van der Waals surface area contributed by atoms with Gasteiger partial charge in [0.1, 0.15) is 6.10 Å².